The molecule has 33 heavy (non-hydrogen) atoms. The van der Waals surface area contributed by atoms with Gasteiger partial charge in [-0.25, -0.2) is 9.48 Å². The lowest BCUT2D eigenvalue weighted by atomic mass is 10.0. The normalized spacial score (nSPS) is 18.9. The summed E-state index contributed by atoms with van der Waals surface area (Å²) in [5.41, 5.74) is 3.76. The Labute approximate surface area is 198 Å². The van der Waals surface area contributed by atoms with E-state index in [2.05, 4.69) is 35.8 Å². The molecule has 0 amide bonds. The number of carbonyl (C=O) groups is 1. The molecule has 1 N–H and O–H groups in total. The number of likely N-dealkylation sites (tertiary alicyclic amines) is 1. The average Bonchev–Trinajstić information content (AvgIpc) is 2.94. The Morgan fingerprint density at radius 3 is 2.39 bits per heavy atom. The van der Waals surface area contributed by atoms with Crippen LogP contribution in [0, 0.1) is 6.92 Å². The van der Waals surface area contributed by atoms with E-state index in [0.717, 1.165) is 56.0 Å². The van der Waals surface area contributed by atoms with E-state index in [1.165, 1.54) is 18.4 Å². The molecule has 0 spiro atoms. The summed E-state index contributed by atoms with van der Waals surface area (Å²) in [6.45, 7) is 15.4. The van der Waals surface area contributed by atoms with E-state index in [1.807, 2.05) is 39.3 Å². The first kappa shape index (κ1) is 25.0. The summed E-state index contributed by atoms with van der Waals surface area (Å²) in [6.07, 6.45) is 11.7. The van der Waals surface area contributed by atoms with Crippen molar-refractivity contribution in [1.82, 2.24) is 14.7 Å². The number of nitrogens with zero attached hydrogens (tertiary/aromatic N) is 3. The first-order valence-electron chi connectivity index (χ1n) is 12.1. The Bertz CT molecular complexity index is 967. The van der Waals surface area contributed by atoms with Crippen molar-refractivity contribution in [1.29, 1.82) is 0 Å². The van der Waals surface area contributed by atoms with Gasteiger partial charge in [0, 0.05) is 24.4 Å². The second-order valence-corrected chi connectivity index (χ2v) is 10.1. The monoisotopic (exact) mass is 453 g/mol. The van der Waals surface area contributed by atoms with Crippen molar-refractivity contribution >= 4 is 17.4 Å². The Kier molecular flexibility index (Phi) is 8.01. The zero-order valence-electron chi connectivity index (χ0n) is 20.9. The molecule has 1 fully saturated rings. The van der Waals surface area contributed by atoms with Crippen molar-refractivity contribution in [2.24, 2.45) is 0 Å². The van der Waals surface area contributed by atoms with Crippen LogP contribution in [-0.2, 0) is 9.53 Å². The van der Waals surface area contributed by atoms with Crippen molar-refractivity contribution in [3.63, 3.8) is 0 Å². The van der Waals surface area contributed by atoms with Gasteiger partial charge < -0.3 is 14.7 Å². The fourth-order valence-electron chi connectivity index (χ4n) is 4.48. The van der Waals surface area contributed by atoms with Gasteiger partial charge in [0.05, 0.1) is 11.3 Å². The number of hydrogen-bond acceptors (Lipinski definition) is 4. The number of allylic oxidation sites excluding steroid dienone is 4. The van der Waals surface area contributed by atoms with Crippen molar-refractivity contribution in [2.75, 3.05) is 13.1 Å². The quantitative estimate of drug-likeness (QED) is 0.527. The first-order chi connectivity index (χ1) is 15.6. The summed E-state index contributed by atoms with van der Waals surface area (Å²) in [7, 11) is 0. The third kappa shape index (κ3) is 6.26. The number of aromatic nitrogens is 2. The van der Waals surface area contributed by atoms with Gasteiger partial charge in [-0.3, -0.25) is 0 Å². The van der Waals surface area contributed by atoms with E-state index in [0.29, 0.717) is 11.1 Å². The van der Waals surface area contributed by atoms with Gasteiger partial charge in [0.15, 0.2) is 6.10 Å². The Morgan fingerprint density at radius 1 is 1.21 bits per heavy atom. The lowest BCUT2D eigenvalue weighted by molar-refractivity contribution is -0.155. The number of rotatable bonds is 7. The molecular weight excluding hydrogens is 414 g/mol. The van der Waals surface area contributed by atoms with Gasteiger partial charge in [0.25, 0.3) is 0 Å². The summed E-state index contributed by atoms with van der Waals surface area (Å²) in [5, 5.41) is 15.2. The van der Waals surface area contributed by atoms with Gasteiger partial charge in [-0.2, -0.15) is 5.10 Å². The van der Waals surface area contributed by atoms with Gasteiger partial charge in [-0.05, 0) is 77.5 Å². The molecule has 1 aliphatic carbocycles. The number of ether oxygens (including phenoxy) is 1. The Hall–Kier alpha value is -2.60. The topological polar surface area (TPSA) is 67.6 Å². The van der Waals surface area contributed by atoms with Crippen LogP contribution in [0.3, 0.4) is 0 Å². The molecule has 1 saturated heterocycles. The van der Waals surface area contributed by atoms with Crippen molar-refractivity contribution in [2.45, 2.75) is 84.8 Å². The highest BCUT2D eigenvalue weighted by molar-refractivity contribution is 5.81. The van der Waals surface area contributed by atoms with E-state index < -0.39 is 17.7 Å². The standard InChI is InChI=1S/C27H39N3O3/c1-19(2)23(24(26(31)32)33-27(4,5)6)25(29-16-12-7-8-13-17-29)30-20(3)18-22(28-30)21-14-10-9-11-15-21/h9-10,14,18,24H,1,7-8,11-13,15-17H2,2-6H3,(H,31,32)/b25-23+. The maximum Gasteiger partial charge on any atom is 0.337 e. The van der Waals surface area contributed by atoms with Crippen LogP contribution in [-0.4, -0.2) is 50.6 Å². The predicted octanol–water partition coefficient (Wildman–Crippen LogP) is 5.81. The minimum absolute atomic E-state index is 0.592. The van der Waals surface area contributed by atoms with E-state index in [9.17, 15) is 9.90 Å². The lowest BCUT2D eigenvalue weighted by Gasteiger charge is -2.33. The van der Waals surface area contributed by atoms with Crippen molar-refractivity contribution < 1.29 is 14.6 Å². The first-order valence-corrected chi connectivity index (χ1v) is 12.1. The summed E-state index contributed by atoms with van der Waals surface area (Å²) in [5.74, 6) is -0.225. The van der Waals surface area contributed by atoms with Crippen LogP contribution in [0.4, 0.5) is 0 Å². The molecule has 0 aromatic carbocycles. The van der Waals surface area contributed by atoms with Crippen LogP contribution in [0.2, 0.25) is 0 Å². The van der Waals surface area contributed by atoms with E-state index in [-0.39, 0.29) is 0 Å². The molecule has 6 nitrogen and oxygen atoms in total. The number of aliphatic carboxylic acids is 1. The third-order valence-electron chi connectivity index (χ3n) is 6.00. The Morgan fingerprint density at radius 2 is 1.88 bits per heavy atom. The zero-order chi connectivity index (χ0) is 24.2. The van der Waals surface area contributed by atoms with Gasteiger partial charge in [0.2, 0.25) is 0 Å². The van der Waals surface area contributed by atoms with Crippen LogP contribution in [0.25, 0.3) is 11.4 Å². The van der Waals surface area contributed by atoms with Gasteiger partial charge in [-0.1, -0.05) is 37.6 Å². The highest BCUT2D eigenvalue weighted by Crippen LogP contribution is 2.32. The van der Waals surface area contributed by atoms with Crippen LogP contribution in [0.5, 0.6) is 0 Å². The second-order valence-electron chi connectivity index (χ2n) is 10.1. The smallest absolute Gasteiger partial charge is 0.337 e. The maximum atomic E-state index is 12.5. The number of carboxylic acids is 1. The van der Waals surface area contributed by atoms with Crippen LogP contribution < -0.4 is 0 Å². The molecule has 0 saturated carbocycles. The molecule has 2 aliphatic rings. The molecular formula is C27H39N3O3. The van der Waals surface area contributed by atoms with Crippen LogP contribution in [0.15, 0.2) is 42.0 Å². The number of carboxylic acid groups (broad SMARTS) is 1. The summed E-state index contributed by atoms with van der Waals surface area (Å²) >= 11 is 0. The molecule has 6 heteroatoms. The highest BCUT2D eigenvalue weighted by Gasteiger charge is 2.34. The summed E-state index contributed by atoms with van der Waals surface area (Å²) in [6, 6.07) is 2.10. The summed E-state index contributed by atoms with van der Waals surface area (Å²) in [4.78, 5) is 14.8. The molecule has 1 atom stereocenters. The van der Waals surface area contributed by atoms with Crippen LogP contribution in [0.1, 0.15) is 77.6 Å². The highest BCUT2D eigenvalue weighted by atomic mass is 16.5. The molecule has 1 aromatic rings. The molecule has 0 radical (unpaired) electrons. The van der Waals surface area contributed by atoms with Crippen molar-refractivity contribution in [3.05, 3.63) is 53.4 Å². The molecule has 180 valence electrons. The number of aryl methyl sites for hydroxylation is 1. The predicted molar refractivity (Wildman–Crippen MR) is 134 cm³/mol. The van der Waals surface area contributed by atoms with Gasteiger partial charge in [0.1, 0.15) is 5.82 Å². The van der Waals surface area contributed by atoms with Crippen LogP contribution >= 0.6 is 0 Å². The fourth-order valence-corrected chi connectivity index (χ4v) is 4.48. The summed E-state index contributed by atoms with van der Waals surface area (Å²) < 4.78 is 8.03. The fraction of sp³-hybridized carbons (Fsp3) is 0.556. The molecule has 1 unspecified atom stereocenters. The van der Waals surface area contributed by atoms with E-state index in [4.69, 9.17) is 9.84 Å². The number of hydrogen-bond donors (Lipinski definition) is 1. The lowest BCUT2D eigenvalue weighted by Crippen LogP contribution is -2.38. The minimum Gasteiger partial charge on any atom is -0.479 e. The minimum atomic E-state index is -1.13. The van der Waals surface area contributed by atoms with E-state index >= 15 is 0 Å². The molecule has 2 heterocycles. The molecule has 1 aliphatic heterocycles. The molecule has 0 bridgehead atoms. The average molecular weight is 454 g/mol. The van der Waals surface area contributed by atoms with Gasteiger partial charge >= 0.3 is 5.97 Å². The second kappa shape index (κ2) is 10.6. The van der Waals surface area contributed by atoms with Crippen molar-refractivity contribution in [3.8, 4) is 0 Å². The SMILES string of the molecule is C=C(C)/C(=C(/N1CCCCCC1)n1nc(C2=CC=CCC2)cc1C)C(OC(C)(C)C)C(=O)O. The Balaban J connectivity index is 2.23. The largest absolute Gasteiger partial charge is 0.479 e. The third-order valence-corrected chi connectivity index (χ3v) is 6.00. The van der Waals surface area contributed by atoms with Gasteiger partial charge in [-0.15, -0.1) is 0 Å². The maximum absolute atomic E-state index is 12.5. The molecule has 1 aromatic heterocycles. The zero-order valence-corrected chi connectivity index (χ0v) is 20.9. The van der Waals surface area contributed by atoms with E-state index in [1.54, 1.807) is 0 Å². The molecule has 3 rings (SSSR count).